The van der Waals surface area contributed by atoms with Crippen molar-refractivity contribution in [3.8, 4) is 16.9 Å². The highest BCUT2D eigenvalue weighted by atomic mass is 16.1. The fourth-order valence-corrected chi connectivity index (χ4v) is 3.97. The van der Waals surface area contributed by atoms with Crippen LogP contribution in [0, 0.1) is 0 Å². The summed E-state index contributed by atoms with van der Waals surface area (Å²) in [6, 6.07) is 28.2. The maximum Gasteiger partial charge on any atom is 0.280 e. The second-order valence-electron chi connectivity index (χ2n) is 7.35. The fourth-order valence-electron chi connectivity index (χ4n) is 3.97. The number of benzene rings is 3. The van der Waals surface area contributed by atoms with Crippen molar-refractivity contribution in [2.75, 3.05) is 0 Å². The summed E-state index contributed by atoms with van der Waals surface area (Å²) >= 11 is 0. The number of H-pyrrole nitrogens is 1. The lowest BCUT2D eigenvalue weighted by molar-refractivity contribution is 0.727. The number of fused-ring (bicyclic) bond motifs is 1. The smallest absolute Gasteiger partial charge is 0.280 e. The summed E-state index contributed by atoms with van der Waals surface area (Å²) in [6.45, 7) is 0. The molecule has 142 valence electrons. The Morgan fingerprint density at radius 1 is 0.828 bits per heavy atom. The molecule has 4 heteroatoms. The second kappa shape index (κ2) is 7.40. The van der Waals surface area contributed by atoms with Crippen LogP contribution in [0.15, 0.2) is 94.7 Å². The summed E-state index contributed by atoms with van der Waals surface area (Å²) in [5.41, 5.74) is 5.78. The van der Waals surface area contributed by atoms with E-state index < -0.39 is 0 Å². The third-order valence-corrected chi connectivity index (χ3v) is 5.45. The molecule has 4 nitrogen and oxygen atoms in total. The largest absolute Gasteiger partial charge is 0.290 e. The molecule has 0 bridgehead atoms. The Bertz CT molecular complexity index is 1190. The van der Waals surface area contributed by atoms with Crippen LogP contribution in [0.25, 0.3) is 16.9 Å². The Morgan fingerprint density at radius 3 is 2.07 bits per heavy atom. The van der Waals surface area contributed by atoms with Gasteiger partial charge in [0.05, 0.1) is 23.0 Å². The number of nitrogens with one attached hydrogen (secondary N) is 1. The third-order valence-electron chi connectivity index (χ3n) is 5.45. The normalized spacial score (nSPS) is 13.8. The SMILES string of the molecule is O=c1c(C=NC2Cc3ccccc3C2)c(-c2ccccc2)[nH]n1-c1ccccc1. The van der Waals surface area contributed by atoms with Crippen LogP contribution in [0.1, 0.15) is 16.7 Å². The molecule has 1 aromatic heterocycles. The highest BCUT2D eigenvalue weighted by Crippen LogP contribution is 2.24. The van der Waals surface area contributed by atoms with Crippen molar-refractivity contribution in [3.05, 3.63) is 112 Å². The van der Waals surface area contributed by atoms with Crippen LogP contribution in [0.2, 0.25) is 0 Å². The highest BCUT2D eigenvalue weighted by Gasteiger charge is 2.21. The van der Waals surface area contributed by atoms with Gasteiger partial charge in [-0.3, -0.25) is 14.9 Å². The molecule has 3 aromatic carbocycles. The van der Waals surface area contributed by atoms with Gasteiger partial charge in [-0.25, -0.2) is 4.68 Å². The molecule has 5 rings (SSSR count). The topological polar surface area (TPSA) is 50.1 Å². The van der Waals surface area contributed by atoms with E-state index in [1.807, 2.05) is 60.7 Å². The first-order valence-electron chi connectivity index (χ1n) is 9.85. The van der Waals surface area contributed by atoms with Gasteiger partial charge in [-0.05, 0) is 36.1 Å². The Balaban J connectivity index is 1.55. The molecule has 0 aliphatic heterocycles. The molecule has 0 saturated heterocycles. The maximum atomic E-state index is 13.2. The van der Waals surface area contributed by atoms with Crippen LogP contribution in [0.5, 0.6) is 0 Å². The van der Waals surface area contributed by atoms with E-state index in [2.05, 4.69) is 29.4 Å². The van der Waals surface area contributed by atoms with Crippen molar-refractivity contribution in [1.29, 1.82) is 0 Å². The number of aromatic amines is 1. The van der Waals surface area contributed by atoms with Gasteiger partial charge in [0.25, 0.3) is 5.56 Å². The number of aromatic nitrogens is 2. The molecular formula is C25H21N3O. The molecule has 1 N–H and O–H groups in total. The number of hydrogen-bond donors (Lipinski definition) is 1. The second-order valence-corrected chi connectivity index (χ2v) is 7.35. The average Bonchev–Trinajstić information content (AvgIpc) is 3.34. The number of nitrogens with zero attached hydrogens (tertiary/aromatic N) is 2. The van der Waals surface area contributed by atoms with Crippen molar-refractivity contribution in [2.45, 2.75) is 18.9 Å². The van der Waals surface area contributed by atoms with Crippen LogP contribution < -0.4 is 5.56 Å². The van der Waals surface area contributed by atoms with Gasteiger partial charge in [0.1, 0.15) is 0 Å². The molecule has 4 aromatic rings. The van der Waals surface area contributed by atoms with Gasteiger partial charge in [0, 0.05) is 11.8 Å². The standard InChI is InChI=1S/C25H21N3O/c29-25-23(17-26-21-15-19-11-7-8-12-20(19)16-21)24(18-9-3-1-4-10-18)27-28(25)22-13-5-2-6-14-22/h1-14,17,21,27H,15-16H2. The Labute approximate surface area is 169 Å². The van der Waals surface area contributed by atoms with Crippen LogP contribution >= 0.6 is 0 Å². The van der Waals surface area contributed by atoms with Gasteiger partial charge in [0.2, 0.25) is 0 Å². The minimum atomic E-state index is -0.0886. The van der Waals surface area contributed by atoms with Crippen molar-refractivity contribution in [1.82, 2.24) is 9.78 Å². The number of aliphatic imine (C=N–C) groups is 1. The molecule has 29 heavy (non-hydrogen) atoms. The molecule has 0 spiro atoms. The minimum absolute atomic E-state index is 0.0886. The van der Waals surface area contributed by atoms with E-state index >= 15 is 0 Å². The van der Waals surface area contributed by atoms with Gasteiger partial charge >= 0.3 is 0 Å². The first-order chi connectivity index (χ1) is 14.3. The highest BCUT2D eigenvalue weighted by molar-refractivity contribution is 5.88. The molecule has 0 unspecified atom stereocenters. The zero-order chi connectivity index (χ0) is 19.6. The van der Waals surface area contributed by atoms with Crippen molar-refractivity contribution >= 4 is 6.21 Å². The van der Waals surface area contributed by atoms with Gasteiger partial charge in [-0.15, -0.1) is 0 Å². The summed E-state index contributed by atoms with van der Waals surface area (Å²) in [7, 11) is 0. The number of para-hydroxylation sites is 1. The predicted molar refractivity (Wildman–Crippen MR) is 117 cm³/mol. The van der Waals surface area contributed by atoms with Gasteiger partial charge in [-0.1, -0.05) is 72.8 Å². The number of hydrogen-bond acceptors (Lipinski definition) is 2. The minimum Gasteiger partial charge on any atom is -0.290 e. The summed E-state index contributed by atoms with van der Waals surface area (Å²) in [6.07, 6.45) is 3.60. The van der Waals surface area contributed by atoms with E-state index in [0.29, 0.717) is 5.56 Å². The molecule has 1 aliphatic carbocycles. The van der Waals surface area contributed by atoms with Crippen molar-refractivity contribution < 1.29 is 0 Å². The molecule has 1 aliphatic rings. The summed E-state index contributed by atoms with van der Waals surface area (Å²) in [5.74, 6) is 0. The zero-order valence-corrected chi connectivity index (χ0v) is 16.0. The van der Waals surface area contributed by atoms with Crippen LogP contribution in [-0.2, 0) is 12.8 Å². The zero-order valence-electron chi connectivity index (χ0n) is 16.0. The van der Waals surface area contributed by atoms with E-state index in [1.54, 1.807) is 10.9 Å². The van der Waals surface area contributed by atoms with Crippen LogP contribution in [0.4, 0.5) is 0 Å². The van der Waals surface area contributed by atoms with E-state index in [-0.39, 0.29) is 11.6 Å². The maximum absolute atomic E-state index is 13.2. The number of rotatable bonds is 4. The van der Waals surface area contributed by atoms with Gasteiger partial charge in [-0.2, -0.15) is 0 Å². The molecule has 0 radical (unpaired) electrons. The third kappa shape index (κ3) is 3.34. The lowest BCUT2D eigenvalue weighted by atomic mass is 10.1. The molecule has 0 amide bonds. The van der Waals surface area contributed by atoms with Gasteiger partial charge in [0.15, 0.2) is 0 Å². The summed E-state index contributed by atoms with van der Waals surface area (Å²) in [4.78, 5) is 18.0. The molecule has 0 atom stereocenters. The van der Waals surface area contributed by atoms with E-state index in [1.165, 1.54) is 11.1 Å². The molecule has 0 fully saturated rings. The first-order valence-corrected chi connectivity index (χ1v) is 9.85. The Kier molecular flexibility index (Phi) is 4.45. The van der Waals surface area contributed by atoms with Crippen LogP contribution in [0.3, 0.4) is 0 Å². The fraction of sp³-hybridized carbons (Fsp3) is 0.120. The Morgan fingerprint density at radius 2 is 1.41 bits per heavy atom. The Hall–Kier alpha value is -3.66. The first kappa shape index (κ1) is 17.4. The lowest BCUT2D eigenvalue weighted by Gasteiger charge is -2.02. The quantitative estimate of drug-likeness (QED) is 0.524. The van der Waals surface area contributed by atoms with Crippen LogP contribution in [-0.4, -0.2) is 22.0 Å². The predicted octanol–water partition coefficient (Wildman–Crippen LogP) is 4.42. The molecule has 0 saturated carbocycles. The molecule has 1 heterocycles. The van der Waals surface area contributed by atoms with Crippen molar-refractivity contribution in [2.24, 2.45) is 4.99 Å². The average molecular weight is 379 g/mol. The monoisotopic (exact) mass is 379 g/mol. The molecular weight excluding hydrogens is 358 g/mol. The van der Waals surface area contributed by atoms with E-state index in [0.717, 1.165) is 29.8 Å². The van der Waals surface area contributed by atoms with Gasteiger partial charge < -0.3 is 0 Å². The summed E-state index contributed by atoms with van der Waals surface area (Å²) < 4.78 is 1.59. The van der Waals surface area contributed by atoms with E-state index in [9.17, 15) is 4.79 Å². The summed E-state index contributed by atoms with van der Waals surface area (Å²) in [5, 5.41) is 3.29. The van der Waals surface area contributed by atoms with E-state index in [4.69, 9.17) is 4.99 Å². The van der Waals surface area contributed by atoms with Crippen molar-refractivity contribution in [3.63, 3.8) is 0 Å². The lowest BCUT2D eigenvalue weighted by Crippen LogP contribution is -2.17.